The molecule has 2 heterocycles. The Morgan fingerprint density at radius 3 is 2.76 bits per heavy atom. The minimum absolute atomic E-state index is 0.461. The highest BCUT2D eigenvalue weighted by atomic mass is 15.5. The zero-order chi connectivity index (χ0) is 11.5. The molecule has 0 aromatic carbocycles. The number of hydrogen-bond acceptors (Lipinski definition) is 6. The molecule has 7 heteroatoms. The van der Waals surface area contributed by atoms with Crippen molar-refractivity contribution in [2.75, 3.05) is 11.9 Å². The average molecular weight is 231 g/mol. The number of aromatic nitrogens is 6. The predicted molar refractivity (Wildman–Crippen MR) is 61.0 cm³/mol. The maximum Gasteiger partial charge on any atom is 0.224 e. The second kappa shape index (κ2) is 4.44. The van der Waals surface area contributed by atoms with Crippen molar-refractivity contribution in [1.29, 1.82) is 0 Å². The van der Waals surface area contributed by atoms with Gasteiger partial charge in [-0.15, -0.1) is 20.4 Å². The highest BCUT2D eigenvalue weighted by Gasteiger charge is 2.16. The van der Waals surface area contributed by atoms with Crippen molar-refractivity contribution in [3.05, 3.63) is 12.1 Å². The molecule has 2 N–H and O–H groups in total. The van der Waals surface area contributed by atoms with E-state index in [0.717, 1.165) is 18.3 Å². The molecule has 0 atom stereocenters. The Labute approximate surface area is 98.0 Å². The Hall–Kier alpha value is -2.05. The van der Waals surface area contributed by atoms with Crippen LogP contribution in [-0.2, 0) is 0 Å². The van der Waals surface area contributed by atoms with Gasteiger partial charge in [-0.3, -0.25) is 0 Å². The average Bonchev–Trinajstić information content (AvgIpc) is 2.81. The summed E-state index contributed by atoms with van der Waals surface area (Å²) in [5.41, 5.74) is 0.618. The van der Waals surface area contributed by atoms with Gasteiger partial charge in [0.15, 0.2) is 0 Å². The van der Waals surface area contributed by atoms with Crippen molar-refractivity contribution in [2.24, 2.45) is 5.92 Å². The first kappa shape index (κ1) is 10.1. The van der Waals surface area contributed by atoms with Crippen molar-refractivity contribution in [3.63, 3.8) is 0 Å². The van der Waals surface area contributed by atoms with Gasteiger partial charge < -0.3 is 5.32 Å². The molecule has 1 saturated carbocycles. The zero-order valence-electron chi connectivity index (χ0n) is 9.30. The molecule has 3 rings (SSSR count). The first-order chi connectivity index (χ1) is 8.42. The van der Waals surface area contributed by atoms with Crippen LogP contribution in [0.5, 0.6) is 0 Å². The molecule has 0 radical (unpaired) electrons. The van der Waals surface area contributed by atoms with E-state index in [1.165, 1.54) is 19.3 Å². The Morgan fingerprint density at radius 1 is 1.24 bits per heavy atom. The number of hydrogen-bond donors (Lipinski definition) is 2. The molecule has 17 heavy (non-hydrogen) atoms. The van der Waals surface area contributed by atoms with Crippen LogP contribution in [0.4, 0.5) is 5.82 Å². The van der Waals surface area contributed by atoms with E-state index < -0.39 is 0 Å². The van der Waals surface area contributed by atoms with E-state index in [4.69, 9.17) is 0 Å². The third kappa shape index (κ3) is 2.22. The zero-order valence-corrected chi connectivity index (χ0v) is 9.30. The molecule has 0 bridgehead atoms. The SMILES string of the molecule is c1cc(-c2nn[nH]n2)nnc1NCC1CCC1. The van der Waals surface area contributed by atoms with Crippen LogP contribution in [0.1, 0.15) is 19.3 Å². The summed E-state index contributed by atoms with van der Waals surface area (Å²) in [6.45, 7) is 0.982. The fourth-order valence-electron chi connectivity index (χ4n) is 1.76. The van der Waals surface area contributed by atoms with Crippen LogP contribution in [0.25, 0.3) is 11.5 Å². The molecule has 1 aliphatic carbocycles. The maximum absolute atomic E-state index is 4.08. The number of tetrazole rings is 1. The fraction of sp³-hybridized carbons (Fsp3) is 0.500. The second-order valence-electron chi connectivity index (χ2n) is 4.22. The lowest BCUT2D eigenvalue weighted by Crippen LogP contribution is -2.21. The van der Waals surface area contributed by atoms with Crippen LogP contribution in [0.15, 0.2) is 12.1 Å². The summed E-state index contributed by atoms with van der Waals surface area (Å²) in [6.07, 6.45) is 4.00. The monoisotopic (exact) mass is 231 g/mol. The minimum Gasteiger partial charge on any atom is -0.368 e. The standard InChI is InChI=1S/C10H13N7/c1-2-7(3-1)6-11-9-5-4-8(12-13-9)10-14-16-17-15-10/h4-5,7H,1-3,6H2,(H,11,13)(H,14,15,16,17). The molecule has 1 fully saturated rings. The third-order valence-electron chi connectivity index (χ3n) is 3.04. The van der Waals surface area contributed by atoms with Gasteiger partial charge in [-0.25, -0.2) is 0 Å². The summed E-state index contributed by atoms with van der Waals surface area (Å²) in [5.74, 6) is 2.06. The van der Waals surface area contributed by atoms with Crippen LogP contribution in [0.3, 0.4) is 0 Å². The van der Waals surface area contributed by atoms with Gasteiger partial charge in [0.2, 0.25) is 5.82 Å². The van der Waals surface area contributed by atoms with Crippen LogP contribution >= 0.6 is 0 Å². The smallest absolute Gasteiger partial charge is 0.224 e. The van der Waals surface area contributed by atoms with Gasteiger partial charge >= 0.3 is 0 Å². The quantitative estimate of drug-likeness (QED) is 0.811. The van der Waals surface area contributed by atoms with Gasteiger partial charge in [-0.1, -0.05) is 6.42 Å². The first-order valence-electron chi connectivity index (χ1n) is 5.73. The van der Waals surface area contributed by atoms with Gasteiger partial charge in [0.05, 0.1) is 0 Å². The van der Waals surface area contributed by atoms with Gasteiger partial charge in [0.1, 0.15) is 11.5 Å². The number of anilines is 1. The van der Waals surface area contributed by atoms with Gasteiger partial charge in [-0.05, 0) is 36.1 Å². The largest absolute Gasteiger partial charge is 0.368 e. The molecule has 1 aliphatic rings. The molecule has 0 unspecified atom stereocenters. The summed E-state index contributed by atoms with van der Waals surface area (Å²) < 4.78 is 0. The summed E-state index contributed by atoms with van der Waals surface area (Å²) >= 11 is 0. The van der Waals surface area contributed by atoms with Crippen LogP contribution in [0.2, 0.25) is 0 Å². The number of nitrogens with zero attached hydrogens (tertiary/aromatic N) is 5. The summed E-state index contributed by atoms with van der Waals surface area (Å²) in [7, 11) is 0. The molecular weight excluding hydrogens is 218 g/mol. The Morgan fingerprint density at radius 2 is 2.18 bits per heavy atom. The summed E-state index contributed by atoms with van der Waals surface area (Å²) in [4.78, 5) is 0. The number of H-pyrrole nitrogens is 1. The van der Waals surface area contributed by atoms with Gasteiger partial charge in [0.25, 0.3) is 0 Å². The minimum atomic E-state index is 0.461. The van der Waals surface area contributed by atoms with Gasteiger partial charge in [-0.2, -0.15) is 5.21 Å². The molecular formula is C10H13N7. The Kier molecular flexibility index (Phi) is 2.65. The predicted octanol–water partition coefficient (Wildman–Crippen LogP) is 0.869. The number of nitrogens with one attached hydrogen (secondary N) is 2. The normalized spacial score (nSPS) is 15.5. The summed E-state index contributed by atoms with van der Waals surface area (Å²) in [5, 5.41) is 25.0. The highest BCUT2D eigenvalue weighted by molar-refractivity contribution is 5.49. The van der Waals surface area contributed by atoms with Crippen molar-refractivity contribution < 1.29 is 0 Å². The van der Waals surface area contributed by atoms with Crippen molar-refractivity contribution in [1.82, 2.24) is 30.8 Å². The van der Waals surface area contributed by atoms with Crippen LogP contribution in [-0.4, -0.2) is 37.4 Å². The molecule has 7 nitrogen and oxygen atoms in total. The molecule has 2 aromatic heterocycles. The molecule has 0 aliphatic heterocycles. The molecule has 0 spiro atoms. The van der Waals surface area contributed by atoms with Crippen molar-refractivity contribution >= 4 is 5.82 Å². The lowest BCUT2D eigenvalue weighted by molar-refractivity contribution is 0.333. The second-order valence-corrected chi connectivity index (χ2v) is 4.22. The Bertz CT molecular complexity index is 460. The lowest BCUT2D eigenvalue weighted by Gasteiger charge is -2.25. The van der Waals surface area contributed by atoms with E-state index in [9.17, 15) is 0 Å². The van der Waals surface area contributed by atoms with E-state index in [2.05, 4.69) is 36.1 Å². The topological polar surface area (TPSA) is 92.3 Å². The molecule has 2 aromatic rings. The van der Waals surface area contributed by atoms with Crippen LogP contribution < -0.4 is 5.32 Å². The van der Waals surface area contributed by atoms with E-state index >= 15 is 0 Å². The third-order valence-corrected chi connectivity index (χ3v) is 3.04. The highest BCUT2D eigenvalue weighted by Crippen LogP contribution is 2.26. The lowest BCUT2D eigenvalue weighted by atomic mass is 9.85. The molecule has 0 saturated heterocycles. The molecule has 0 amide bonds. The number of aromatic amines is 1. The van der Waals surface area contributed by atoms with Crippen LogP contribution in [0, 0.1) is 5.92 Å². The number of rotatable bonds is 4. The van der Waals surface area contributed by atoms with Gasteiger partial charge in [0, 0.05) is 6.54 Å². The maximum atomic E-state index is 4.08. The summed E-state index contributed by atoms with van der Waals surface area (Å²) in [6, 6.07) is 3.72. The van der Waals surface area contributed by atoms with E-state index in [1.54, 1.807) is 0 Å². The Balaban J connectivity index is 1.63. The molecule has 88 valence electrons. The fourth-order valence-corrected chi connectivity index (χ4v) is 1.76. The first-order valence-corrected chi connectivity index (χ1v) is 5.73. The van der Waals surface area contributed by atoms with E-state index in [0.29, 0.717) is 11.5 Å². The van der Waals surface area contributed by atoms with E-state index in [1.807, 2.05) is 12.1 Å². The van der Waals surface area contributed by atoms with E-state index in [-0.39, 0.29) is 0 Å². The van der Waals surface area contributed by atoms with Crippen molar-refractivity contribution in [2.45, 2.75) is 19.3 Å². The van der Waals surface area contributed by atoms with Crippen molar-refractivity contribution in [3.8, 4) is 11.5 Å².